The molecule has 1 aliphatic carbocycles. The lowest BCUT2D eigenvalue weighted by Crippen LogP contribution is -2.27. The van der Waals surface area contributed by atoms with Crippen LogP contribution in [-0.4, -0.2) is 41.0 Å². The summed E-state index contributed by atoms with van der Waals surface area (Å²) in [6.45, 7) is 0.665. The third kappa shape index (κ3) is 3.70. The van der Waals surface area contributed by atoms with Crippen LogP contribution in [0.5, 0.6) is 5.75 Å². The fourth-order valence-electron chi connectivity index (χ4n) is 3.45. The summed E-state index contributed by atoms with van der Waals surface area (Å²) in [6.07, 6.45) is 1.29. The minimum atomic E-state index is -5.05. The normalized spacial score (nSPS) is 15.7. The third-order valence-corrected chi connectivity index (χ3v) is 4.82. The first kappa shape index (κ1) is 19.8. The van der Waals surface area contributed by atoms with Gasteiger partial charge in [-0.05, 0) is 35.8 Å². The van der Waals surface area contributed by atoms with Gasteiger partial charge in [0.2, 0.25) is 5.78 Å². The Labute approximate surface area is 169 Å². The first-order valence-corrected chi connectivity index (χ1v) is 9.14. The van der Waals surface area contributed by atoms with E-state index in [4.69, 9.17) is 0 Å². The maximum absolute atomic E-state index is 12.8. The Bertz CT molecular complexity index is 1120. The van der Waals surface area contributed by atoms with Gasteiger partial charge in [-0.25, -0.2) is 4.79 Å². The number of Topliss-reactive ketones (excluding diaryl/α,β-unsaturated/α-hetero) is 1. The molecule has 0 spiro atoms. The van der Waals surface area contributed by atoms with Gasteiger partial charge in [-0.15, -0.1) is 0 Å². The van der Waals surface area contributed by atoms with E-state index < -0.39 is 12.1 Å². The van der Waals surface area contributed by atoms with Gasteiger partial charge >= 0.3 is 12.1 Å². The highest BCUT2D eigenvalue weighted by molar-refractivity contribution is 6.26. The maximum atomic E-state index is 12.8. The lowest BCUT2D eigenvalue weighted by atomic mass is 9.92. The average Bonchev–Trinajstić information content (AvgIpc) is 3.03. The van der Waals surface area contributed by atoms with Crippen molar-refractivity contribution in [1.82, 2.24) is 4.57 Å². The smallest absolute Gasteiger partial charge is 0.420 e. The van der Waals surface area contributed by atoms with Crippen molar-refractivity contribution in [2.24, 2.45) is 17.0 Å². The Morgan fingerprint density at radius 3 is 2.73 bits per heavy atom. The molecule has 0 saturated carbocycles. The summed E-state index contributed by atoms with van der Waals surface area (Å²) < 4.78 is 42.8. The van der Waals surface area contributed by atoms with Gasteiger partial charge in [0.15, 0.2) is 0 Å². The predicted octanol–water partition coefficient (Wildman–Crippen LogP) is 3.23. The fourth-order valence-corrected chi connectivity index (χ4v) is 3.45. The molecule has 4 rings (SSSR count). The number of hydrogen-bond donors (Lipinski definition) is 0. The zero-order valence-electron chi connectivity index (χ0n) is 15.9. The largest absolute Gasteiger partial charge is 0.491 e. The van der Waals surface area contributed by atoms with Gasteiger partial charge in [-0.1, -0.05) is 12.1 Å². The number of hydrogen-bond acceptors (Lipinski definition) is 5. The summed E-state index contributed by atoms with van der Waals surface area (Å²) in [5.41, 5.74) is 4.34. The number of benzene rings is 1. The quantitative estimate of drug-likeness (QED) is 0.437. The monoisotopic (exact) mass is 415 g/mol. The van der Waals surface area contributed by atoms with E-state index in [1.54, 1.807) is 16.9 Å². The highest BCUT2D eigenvalue weighted by atomic mass is 19.4. The van der Waals surface area contributed by atoms with E-state index in [-0.39, 0.29) is 17.2 Å². The van der Waals surface area contributed by atoms with Gasteiger partial charge < -0.3 is 9.30 Å². The lowest BCUT2D eigenvalue weighted by Gasteiger charge is -2.17. The number of alkyl halides is 3. The summed E-state index contributed by atoms with van der Waals surface area (Å²) in [7, 11) is 1.82. The van der Waals surface area contributed by atoms with Crippen molar-refractivity contribution >= 4 is 23.7 Å². The molecule has 0 fully saturated rings. The van der Waals surface area contributed by atoms with Crippen LogP contribution in [0.2, 0.25) is 0 Å². The van der Waals surface area contributed by atoms with Gasteiger partial charge in [0, 0.05) is 38.0 Å². The molecule has 0 atom stereocenters. The van der Waals surface area contributed by atoms with E-state index in [0.29, 0.717) is 18.7 Å². The van der Waals surface area contributed by atoms with E-state index in [1.165, 1.54) is 24.3 Å². The number of aryl methyl sites for hydroxylation is 1. The van der Waals surface area contributed by atoms with Crippen molar-refractivity contribution in [3.05, 3.63) is 64.6 Å². The Hall–Kier alpha value is -3.49. The predicted molar refractivity (Wildman–Crippen MR) is 103 cm³/mol. The summed E-state index contributed by atoms with van der Waals surface area (Å²) in [5.74, 6) is -2.65. The molecule has 0 saturated heterocycles. The lowest BCUT2D eigenvalue weighted by molar-refractivity contribution is -0.189. The SMILES string of the molecule is Cn1cc2c3c1C(=O)C(N=CCc1ccc(OC(=O)C(F)(F)F)cc1)=CC3=NCC2. The molecule has 0 radical (unpaired) electrons. The fraction of sp³-hybridized carbons (Fsp3) is 0.238. The van der Waals surface area contributed by atoms with Gasteiger partial charge in [0.25, 0.3) is 0 Å². The summed E-state index contributed by atoms with van der Waals surface area (Å²) in [4.78, 5) is 32.4. The molecule has 30 heavy (non-hydrogen) atoms. The van der Waals surface area contributed by atoms with Crippen LogP contribution in [0.15, 0.2) is 52.2 Å². The van der Waals surface area contributed by atoms with Crippen LogP contribution in [0, 0.1) is 0 Å². The van der Waals surface area contributed by atoms with E-state index >= 15 is 0 Å². The van der Waals surface area contributed by atoms with Gasteiger partial charge in [0.05, 0.1) is 5.71 Å². The number of aliphatic imine (C=N–C) groups is 2. The van der Waals surface area contributed by atoms with Gasteiger partial charge in [-0.3, -0.25) is 14.8 Å². The van der Waals surface area contributed by atoms with Crippen LogP contribution < -0.4 is 4.74 Å². The molecular weight excluding hydrogens is 399 g/mol. The molecular formula is C21H16F3N3O3. The van der Waals surface area contributed by atoms with Crippen LogP contribution in [-0.2, 0) is 24.7 Å². The summed E-state index contributed by atoms with van der Waals surface area (Å²) in [5, 5.41) is 0. The van der Waals surface area contributed by atoms with Crippen molar-refractivity contribution in [3.8, 4) is 5.75 Å². The van der Waals surface area contributed by atoms with Crippen molar-refractivity contribution in [2.45, 2.75) is 19.0 Å². The van der Waals surface area contributed by atoms with Crippen molar-refractivity contribution < 1.29 is 27.5 Å². The first-order valence-electron chi connectivity index (χ1n) is 9.14. The molecule has 1 aromatic carbocycles. The molecule has 9 heteroatoms. The van der Waals surface area contributed by atoms with E-state index in [9.17, 15) is 22.8 Å². The molecule has 0 unspecified atom stereocenters. The molecule has 0 bridgehead atoms. The third-order valence-electron chi connectivity index (χ3n) is 4.82. The Morgan fingerprint density at radius 2 is 2.03 bits per heavy atom. The summed E-state index contributed by atoms with van der Waals surface area (Å²) in [6, 6.07) is 5.59. The second kappa shape index (κ2) is 7.40. The van der Waals surface area contributed by atoms with Gasteiger partial charge in [0.1, 0.15) is 17.1 Å². The number of ketones is 1. The zero-order chi connectivity index (χ0) is 21.5. The molecule has 2 heterocycles. The zero-order valence-corrected chi connectivity index (χ0v) is 15.9. The number of allylic oxidation sites excluding steroid dienone is 2. The molecule has 2 aliphatic rings. The topological polar surface area (TPSA) is 73.0 Å². The number of esters is 1. The van der Waals surface area contributed by atoms with Crippen LogP contribution in [0.1, 0.15) is 27.2 Å². The Morgan fingerprint density at radius 1 is 1.30 bits per heavy atom. The van der Waals surface area contributed by atoms with Crippen molar-refractivity contribution in [2.75, 3.05) is 6.54 Å². The van der Waals surface area contributed by atoms with E-state index in [2.05, 4.69) is 14.7 Å². The molecule has 6 nitrogen and oxygen atoms in total. The minimum absolute atomic E-state index is 0.176. The van der Waals surface area contributed by atoms with E-state index in [1.807, 2.05) is 13.2 Å². The number of carbonyl (C=O) groups is 2. The second-order valence-electron chi connectivity index (χ2n) is 6.91. The van der Waals surface area contributed by atoms with E-state index in [0.717, 1.165) is 28.8 Å². The van der Waals surface area contributed by atoms with Crippen molar-refractivity contribution in [3.63, 3.8) is 0 Å². The van der Waals surface area contributed by atoms with Crippen LogP contribution in [0.3, 0.4) is 0 Å². The number of carbonyl (C=O) groups excluding carboxylic acids is 2. The number of nitrogens with zero attached hydrogens (tertiary/aromatic N) is 3. The van der Waals surface area contributed by atoms with Crippen LogP contribution in [0.4, 0.5) is 13.2 Å². The van der Waals surface area contributed by atoms with Crippen molar-refractivity contribution in [1.29, 1.82) is 0 Å². The van der Waals surface area contributed by atoms with Crippen LogP contribution in [0.25, 0.3) is 0 Å². The molecule has 0 amide bonds. The molecule has 0 N–H and O–H groups in total. The number of rotatable bonds is 4. The Kier molecular flexibility index (Phi) is 4.89. The number of halogens is 3. The first-order chi connectivity index (χ1) is 14.2. The highest BCUT2D eigenvalue weighted by Gasteiger charge is 2.41. The number of aromatic nitrogens is 1. The molecule has 1 aromatic heterocycles. The maximum Gasteiger partial charge on any atom is 0.491 e. The van der Waals surface area contributed by atoms with Crippen LogP contribution >= 0.6 is 0 Å². The summed E-state index contributed by atoms with van der Waals surface area (Å²) >= 11 is 0. The highest BCUT2D eigenvalue weighted by Crippen LogP contribution is 2.29. The Balaban J connectivity index is 1.45. The van der Waals surface area contributed by atoms with Gasteiger partial charge in [-0.2, -0.15) is 13.2 Å². The standard InChI is InChI=1S/C21H16F3N3O3/c1-27-11-13-7-9-25-15-10-16(19(28)18(27)17(13)15)26-8-6-12-2-4-14(5-3-12)30-20(29)21(22,23)24/h2-5,8,10-11H,6-7,9H2,1H3. The average molecular weight is 415 g/mol. The molecule has 1 aliphatic heterocycles. The molecule has 154 valence electrons. The number of ether oxygens (including phenoxy) is 1. The minimum Gasteiger partial charge on any atom is -0.420 e. The second-order valence-corrected chi connectivity index (χ2v) is 6.91. The molecule has 2 aromatic rings.